The van der Waals surface area contributed by atoms with E-state index in [9.17, 15) is 4.79 Å². The summed E-state index contributed by atoms with van der Waals surface area (Å²) in [5.41, 5.74) is 3.31. The first-order valence-corrected chi connectivity index (χ1v) is 7.17. The highest BCUT2D eigenvalue weighted by Crippen LogP contribution is 2.26. The lowest BCUT2D eigenvalue weighted by Gasteiger charge is -2.07. The smallest absolute Gasteiger partial charge is 0.151 e. The average Bonchev–Trinajstić information content (AvgIpc) is 2.44. The molecule has 0 saturated heterocycles. The third-order valence-corrected chi connectivity index (χ3v) is 3.39. The van der Waals surface area contributed by atoms with Gasteiger partial charge in [0.1, 0.15) is 5.15 Å². The van der Waals surface area contributed by atoms with Gasteiger partial charge in [-0.05, 0) is 30.7 Å². The van der Waals surface area contributed by atoms with Crippen LogP contribution in [0.1, 0.15) is 29.8 Å². The highest BCUT2D eigenvalue weighted by atomic mass is 79.9. The van der Waals surface area contributed by atoms with Crippen molar-refractivity contribution >= 4 is 33.8 Å². The molecular weight excluding hydrogens is 326 g/mol. The molecule has 0 N–H and O–H groups in total. The molecule has 0 aliphatic carbocycles. The monoisotopic (exact) mass is 339 g/mol. The molecule has 1 aromatic carbocycles. The fourth-order valence-corrected chi connectivity index (χ4v) is 2.07. The fraction of sp³-hybridized carbons (Fsp3) is 0.200. The predicted molar refractivity (Wildman–Crippen MR) is 83.9 cm³/mol. The third-order valence-electron chi connectivity index (χ3n) is 2.46. The van der Waals surface area contributed by atoms with Crippen molar-refractivity contribution in [3.05, 3.63) is 51.1 Å². The lowest BCUT2D eigenvalue weighted by Crippen LogP contribution is -1.91. The van der Waals surface area contributed by atoms with E-state index < -0.39 is 0 Å². The van der Waals surface area contributed by atoms with E-state index in [2.05, 4.69) is 20.9 Å². The maximum absolute atomic E-state index is 10.9. The quantitative estimate of drug-likeness (QED) is 0.547. The summed E-state index contributed by atoms with van der Waals surface area (Å²) in [4.78, 5) is 15.2. The molecule has 0 atom stereocenters. The zero-order valence-corrected chi connectivity index (χ0v) is 13.4. The Morgan fingerprint density at radius 3 is 2.53 bits per heavy atom. The van der Waals surface area contributed by atoms with Crippen LogP contribution in [0.5, 0.6) is 0 Å². The summed E-state index contributed by atoms with van der Waals surface area (Å²) < 4.78 is 0.774. The largest absolute Gasteiger partial charge is 0.298 e. The number of rotatable bonds is 2. The van der Waals surface area contributed by atoms with E-state index in [0.717, 1.165) is 27.6 Å². The van der Waals surface area contributed by atoms with Gasteiger partial charge in [-0.25, -0.2) is 4.98 Å². The minimum Gasteiger partial charge on any atom is -0.298 e. The summed E-state index contributed by atoms with van der Waals surface area (Å²) >= 11 is 9.20. The van der Waals surface area contributed by atoms with E-state index >= 15 is 0 Å². The van der Waals surface area contributed by atoms with Crippen LogP contribution in [0.2, 0.25) is 5.15 Å². The van der Waals surface area contributed by atoms with Crippen molar-refractivity contribution in [1.82, 2.24) is 4.98 Å². The van der Waals surface area contributed by atoms with Crippen molar-refractivity contribution in [2.24, 2.45) is 0 Å². The number of carbonyl (C=O) groups is 1. The summed E-state index contributed by atoms with van der Waals surface area (Å²) in [6.07, 6.45) is 0.813. The van der Waals surface area contributed by atoms with Crippen molar-refractivity contribution in [1.29, 1.82) is 0 Å². The van der Waals surface area contributed by atoms with Crippen LogP contribution in [0.25, 0.3) is 11.3 Å². The summed E-state index contributed by atoms with van der Waals surface area (Å²) in [7, 11) is 0. The molecule has 19 heavy (non-hydrogen) atoms. The van der Waals surface area contributed by atoms with Crippen LogP contribution >= 0.6 is 27.5 Å². The van der Waals surface area contributed by atoms with Gasteiger partial charge >= 0.3 is 0 Å². The first-order chi connectivity index (χ1) is 9.11. The molecule has 0 bridgehead atoms. The first kappa shape index (κ1) is 15.9. The van der Waals surface area contributed by atoms with Crippen molar-refractivity contribution in [2.45, 2.75) is 20.8 Å². The second kappa shape index (κ2) is 7.41. The second-order valence-electron chi connectivity index (χ2n) is 3.65. The van der Waals surface area contributed by atoms with Gasteiger partial charge in [0.15, 0.2) is 6.29 Å². The van der Waals surface area contributed by atoms with Crippen molar-refractivity contribution in [2.75, 3.05) is 0 Å². The molecule has 0 fully saturated rings. The van der Waals surface area contributed by atoms with Gasteiger partial charge in [-0.3, -0.25) is 4.79 Å². The number of benzene rings is 1. The molecule has 0 unspecified atom stereocenters. The zero-order valence-electron chi connectivity index (χ0n) is 11.1. The van der Waals surface area contributed by atoms with Gasteiger partial charge in [-0.1, -0.05) is 53.5 Å². The standard InChI is InChI=1S/C13H9BrClNO.C2H6/c1-8-2-5-12(15)16-13(8)9-3-4-11(14)10(6-9)7-17;1-2/h2-7H,1H3;1-2H3. The molecule has 100 valence electrons. The van der Waals surface area contributed by atoms with E-state index in [4.69, 9.17) is 11.6 Å². The fourth-order valence-electron chi connectivity index (χ4n) is 1.58. The van der Waals surface area contributed by atoms with Gasteiger partial charge < -0.3 is 0 Å². The van der Waals surface area contributed by atoms with Crippen LogP contribution < -0.4 is 0 Å². The van der Waals surface area contributed by atoms with Gasteiger partial charge in [-0.2, -0.15) is 0 Å². The van der Waals surface area contributed by atoms with Gasteiger partial charge in [0.2, 0.25) is 0 Å². The van der Waals surface area contributed by atoms with Crippen molar-refractivity contribution < 1.29 is 4.79 Å². The molecule has 0 aliphatic rings. The van der Waals surface area contributed by atoms with Crippen molar-refractivity contribution in [3.8, 4) is 11.3 Å². The molecule has 0 amide bonds. The topological polar surface area (TPSA) is 30.0 Å². The Morgan fingerprint density at radius 1 is 1.21 bits per heavy atom. The average molecular weight is 341 g/mol. The highest BCUT2D eigenvalue weighted by Gasteiger charge is 2.07. The molecule has 0 aliphatic heterocycles. The number of carbonyl (C=O) groups excluding carboxylic acids is 1. The summed E-state index contributed by atoms with van der Waals surface area (Å²) in [5.74, 6) is 0. The number of halogens is 2. The Hall–Kier alpha value is -1.19. The van der Waals surface area contributed by atoms with Crippen LogP contribution in [0.4, 0.5) is 0 Å². The van der Waals surface area contributed by atoms with Crippen LogP contribution in [0.15, 0.2) is 34.8 Å². The minimum atomic E-state index is 0.446. The predicted octanol–water partition coefficient (Wildman–Crippen LogP) is 5.31. The van der Waals surface area contributed by atoms with E-state index in [1.807, 2.05) is 39.0 Å². The molecule has 0 spiro atoms. The summed E-state index contributed by atoms with van der Waals surface area (Å²) in [5, 5.41) is 0.446. The molecule has 1 aromatic heterocycles. The Labute approximate surface area is 127 Å². The van der Waals surface area contributed by atoms with Crippen molar-refractivity contribution in [3.63, 3.8) is 0 Å². The normalized spacial score (nSPS) is 9.53. The number of hydrogen-bond donors (Lipinski definition) is 0. The number of pyridine rings is 1. The van der Waals surface area contributed by atoms with Gasteiger partial charge in [0, 0.05) is 15.6 Å². The number of aryl methyl sites for hydroxylation is 1. The lowest BCUT2D eigenvalue weighted by atomic mass is 10.0. The van der Waals surface area contributed by atoms with E-state index in [0.29, 0.717) is 10.7 Å². The number of aldehydes is 1. The highest BCUT2D eigenvalue weighted by molar-refractivity contribution is 9.10. The minimum absolute atomic E-state index is 0.446. The lowest BCUT2D eigenvalue weighted by molar-refractivity contribution is 0.112. The van der Waals surface area contributed by atoms with Crippen LogP contribution in [0.3, 0.4) is 0 Å². The second-order valence-corrected chi connectivity index (χ2v) is 4.90. The number of nitrogens with zero attached hydrogens (tertiary/aromatic N) is 1. The Bertz CT molecular complexity index is 584. The third kappa shape index (κ3) is 3.88. The van der Waals surface area contributed by atoms with E-state index in [1.165, 1.54) is 0 Å². The van der Waals surface area contributed by atoms with E-state index in [1.54, 1.807) is 12.1 Å². The molecule has 1 heterocycles. The number of aromatic nitrogens is 1. The van der Waals surface area contributed by atoms with Gasteiger partial charge in [0.25, 0.3) is 0 Å². The zero-order chi connectivity index (χ0) is 14.4. The molecule has 4 heteroatoms. The van der Waals surface area contributed by atoms with E-state index in [-0.39, 0.29) is 0 Å². The molecule has 0 radical (unpaired) electrons. The maximum Gasteiger partial charge on any atom is 0.151 e. The Balaban J connectivity index is 0.000000861. The summed E-state index contributed by atoms with van der Waals surface area (Å²) in [6, 6.07) is 9.19. The van der Waals surface area contributed by atoms with Crippen LogP contribution in [0, 0.1) is 6.92 Å². The Morgan fingerprint density at radius 2 is 1.89 bits per heavy atom. The SMILES string of the molecule is CC.Cc1ccc(Cl)nc1-c1ccc(Br)c(C=O)c1. The molecule has 2 aromatic rings. The maximum atomic E-state index is 10.9. The van der Waals surface area contributed by atoms with Gasteiger partial charge in [0.05, 0.1) is 5.69 Å². The summed E-state index contributed by atoms with van der Waals surface area (Å²) in [6.45, 7) is 5.96. The van der Waals surface area contributed by atoms with Crippen LogP contribution in [-0.4, -0.2) is 11.3 Å². The first-order valence-electron chi connectivity index (χ1n) is 6.00. The Kier molecular flexibility index (Phi) is 6.19. The molecule has 2 rings (SSSR count). The van der Waals surface area contributed by atoms with Gasteiger partial charge in [-0.15, -0.1) is 0 Å². The molecule has 0 saturated carbocycles. The number of hydrogen-bond acceptors (Lipinski definition) is 2. The van der Waals surface area contributed by atoms with Crippen LogP contribution in [-0.2, 0) is 0 Å². The molecule has 2 nitrogen and oxygen atoms in total. The molecular formula is C15H15BrClNO.